The molecule has 0 bridgehead atoms. The Balaban J connectivity index is 0.00000280. The number of carbonyl (C=O) groups excluding carboxylic acids is 1. The van der Waals surface area contributed by atoms with Gasteiger partial charge in [-0.05, 0) is 43.5 Å². The van der Waals surface area contributed by atoms with Gasteiger partial charge in [0.1, 0.15) is 12.1 Å². The van der Waals surface area contributed by atoms with Gasteiger partial charge in [0, 0.05) is 31.6 Å². The molecule has 3 N–H and O–H groups in total. The Morgan fingerprint density at radius 1 is 1.14 bits per heavy atom. The topological polar surface area (TPSA) is 122 Å². The van der Waals surface area contributed by atoms with Gasteiger partial charge in [0.25, 0.3) is 10.2 Å². The van der Waals surface area contributed by atoms with Gasteiger partial charge >= 0.3 is 0 Å². The summed E-state index contributed by atoms with van der Waals surface area (Å²) >= 11 is 0. The molecule has 1 aromatic heterocycles. The van der Waals surface area contributed by atoms with Crippen molar-refractivity contribution in [2.75, 3.05) is 37.6 Å². The van der Waals surface area contributed by atoms with Crippen molar-refractivity contribution >= 4 is 45.2 Å². The molecule has 2 heterocycles. The van der Waals surface area contributed by atoms with Gasteiger partial charge in [0.15, 0.2) is 0 Å². The first-order valence-corrected chi connectivity index (χ1v) is 10.3. The highest BCUT2D eigenvalue weighted by Crippen LogP contribution is 2.26. The third kappa shape index (κ3) is 5.28. The van der Waals surface area contributed by atoms with Crippen LogP contribution in [0.15, 0.2) is 18.5 Å². The van der Waals surface area contributed by atoms with E-state index in [1.807, 2.05) is 4.72 Å². The molecule has 1 aliphatic rings. The van der Waals surface area contributed by atoms with E-state index < -0.39 is 10.2 Å². The number of hydrogen-bond acceptors (Lipinski definition) is 6. The van der Waals surface area contributed by atoms with E-state index in [0.29, 0.717) is 19.6 Å². The summed E-state index contributed by atoms with van der Waals surface area (Å²) < 4.78 is 24.0. The van der Waals surface area contributed by atoms with Crippen molar-refractivity contribution in [3.8, 4) is 0 Å². The van der Waals surface area contributed by atoms with Gasteiger partial charge in [-0.25, -0.2) is 15.1 Å². The van der Waals surface area contributed by atoms with Crippen LogP contribution >= 0.6 is 12.4 Å². The number of nitrogens with two attached hydrogens (primary N) is 1. The lowest BCUT2D eigenvalue weighted by Gasteiger charge is -2.24. The zero-order chi connectivity index (χ0) is 19.6. The molecule has 0 saturated carbocycles. The smallest absolute Gasteiger partial charge is 0.274 e. The van der Waals surface area contributed by atoms with E-state index in [0.717, 1.165) is 29.7 Å². The van der Waals surface area contributed by atoms with Crippen molar-refractivity contribution < 1.29 is 13.2 Å². The number of benzene rings is 1. The maximum atomic E-state index is 12.2. The lowest BCUT2D eigenvalue weighted by atomic mass is 10.1. The van der Waals surface area contributed by atoms with E-state index in [9.17, 15) is 13.2 Å². The molecule has 0 radical (unpaired) electrons. The first-order chi connectivity index (χ1) is 12.7. The Labute approximate surface area is 170 Å². The number of nitrogens with zero attached hydrogens (tertiary/aromatic N) is 4. The van der Waals surface area contributed by atoms with Gasteiger partial charge in [-0.2, -0.15) is 13.1 Å². The van der Waals surface area contributed by atoms with Crippen molar-refractivity contribution in [3.05, 3.63) is 29.6 Å². The van der Waals surface area contributed by atoms with Crippen LogP contribution in [0.2, 0.25) is 0 Å². The molecule has 154 valence electrons. The lowest BCUT2D eigenvalue weighted by Crippen LogP contribution is -2.43. The Kier molecular flexibility index (Phi) is 7.16. The highest BCUT2D eigenvalue weighted by atomic mass is 35.5. The molecule has 1 amide bonds. The maximum absolute atomic E-state index is 12.2. The van der Waals surface area contributed by atoms with E-state index in [1.165, 1.54) is 11.1 Å². The lowest BCUT2D eigenvalue weighted by molar-refractivity contribution is -0.129. The quantitative estimate of drug-likeness (QED) is 0.731. The van der Waals surface area contributed by atoms with Crippen LogP contribution in [-0.4, -0.2) is 61.9 Å². The van der Waals surface area contributed by atoms with Crippen LogP contribution < -0.4 is 14.8 Å². The molecule has 0 unspecified atom stereocenters. The van der Waals surface area contributed by atoms with Crippen LogP contribution in [0.25, 0.3) is 10.9 Å². The number of fused-ring (bicyclic) bond motifs is 1. The molecular formula is C17H25ClN6O3S. The second kappa shape index (κ2) is 8.99. The first-order valence-electron chi connectivity index (χ1n) is 8.76. The van der Waals surface area contributed by atoms with Crippen LogP contribution in [0, 0.1) is 13.8 Å². The fraction of sp³-hybridized carbons (Fsp3) is 0.471. The number of halogens is 1. The predicted molar refractivity (Wildman–Crippen MR) is 111 cm³/mol. The van der Waals surface area contributed by atoms with Gasteiger partial charge in [0.2, 0.25) is 5.91 Å². The molecule has 1 saturated heterocycles. The summed E-state index contributed by atoms with van der Waals surface area (Å²) in [5.74, 6) is 0.574. The number of amides is 1. The van der Waals surface area contributed by atoms with Crippen LogP contribution in [0.5, 0.6) is 0 Å². The summed E-state index contributed by atoms with van der Waals surface area (Å²) in [5.41, 5.74) is 3.26. The number of carbonyl (C=O) groups is 1. The molecule has 2 aromatic rings. The largest absolute Gasteiger partial charge is 0.354 e. The molecule has 28 heavy (non-hydrogen) atoms. The zero-order valence-corrected chi connectivity index (χ0v) is 17.5. The second-order valence-electron chi connectivity index (χ2n) is 6.74. The molecule has 0 spiro atoms. The highest BCUT2D eigenvalue weighted by Gasteiger charge is 2.22. The summed E-state index contributed by atoms with van der Waals surface area (Å²) in [6.45, 7) is 6.21. The van der Waals surface area contributed by atoms with Gasteiger partial charge in [0.05, 0.1) is 12.1 Å². The molecule has 1 aromatic carbocycles. The SMILES string of the molecule is Cc1cc2ncnc(N3CCCN(C(=O)CNS(N)(=O)=O)CC3)c2cc1C.Cl. The highest BCUT2D eigenvalue weighted by molar-refractivity contribution is 7.87. The Bertz CT molecular complexity index is 969. The number of hydrogen-bond donors (Lipinski definition) is 2. The van der Waals surface area contributed by atoms with E-state index in [1.54, 1.807) is 11.2 Å². The third-order valence-electron chi connectivity index (χ3n) is 4.80. The van der Waals surface area contributed by atoms with Crippen LogP contribution in [0.4, 0.5) is 5.82 Å². The van der Waals surface area contributed by atoms with Gasteiger partial charge in [-0.1, -0.05) is 0 Å². The van der Waals surface area contributed by atoms with Crippen LogP contribution in [0.1, 0.15) is 17.5 Å². The van der Waals surface area contributed by atoms with Crippen molar-refractivity contribution in [1.29, 1.82) is 0 Å². The average molecular weight is 429 g/mol. The van der Waals surface area contributed by atoms with Gasteiger partial charge in [-0.15, -0.1) is 12.4 Å². The summed E-state index contributed by atoms with van der Waals surface area (Å²) in [6.07, 6.45) is 2.33. The predicted octanol–water partition coefficient (Wildman–Crippen LogP) is 0.500. The summed E-state index contributed by atoms with van der Waals surface area (Å²) in [4.78, 5) is 24.9. The van der Waals surface area contributed by atoms with Crippen molar-refractivity contribution in [1.82, 2.24) is 19.6 Å². The molecule has 0 atom stereocenters. The fourth-order valence-corrected chi connectivity index (χ4v) is 3.53. The second-order valence-corrected chi connectivity index (χ2v) is 8.12. The maximum Gasteiger partial charge on any atom is 0.274 e. The summed E-state index contributed by atoms with van der Waals surface area (Å²) in [5, 5.41) is 5.88. The normalized spacial score (nSPS) is 15.2. The van der Waals surface area contributed by atoms with Gasteiger partial charge in [-0.3, -0.25) is 4.79 Å². The first kappa shape index (κ1) is 22.3. The molecular weight excluding hydrogens is 404 g/mol. The van der Waals surface area contributed by atoms with Crippen molar-refractivity contribution in [2.45, 2.75) is 20.3 Å². The van der Waals surface area contributed by atoms with E-state index in [2.05, 4.69) is 40.8 Å². The number of aromatic nitrogens is 2. The van der Waals surface area contributed by atoms with E-state index >= 15 is 0 Å². The summed E-state index contributed by atoms with van der Waals surface area (Å²) in [6, 6.07) is 4.16. The van der Waals surface area contributed by atoms with Crippen LogP contribution in [0.3, 0.4) is 0 Å². The standard InChI is InChI=1S/C17H24N6O3S.ClH/c1-12-8-14-15(9-13(12)2)19-11-20-17(14)23-5-3-4-22(6-7-23)16(24)10-21-27(18,25)26;/h8-9,11,21H,3-7,10H2,1-2H3,(H2,18,25,26);1H. The van der Waals surface area contributed by atoms with E-state index in [-0.39, 0.29) is 24.9 Å². The molecule has 11 heteroatoms. The Hall–Kier alpha value is -2.01. The molecule has 9 nitrogen and oxygen atoms in total. The van der Waals surface area contributed by atoms with Gasteiger partial charge < -0.3 is 9.80 Å². The molecule has 0 aliphatic carbocycles. The van der Waals surface area contributed by atoms with Crippen molar-refractivity contribution in [3.63, 3.8) is 0 Å². The number of anilines is 1. The number of aryl methyl sites for hydroxylation is 2. The third-order valence-corrected chi connectivity index (χ3v) is 5.35. The molecule has 1 fully saturated rings. The Morgan fingerprint density at radius 2 is 1.86 bits per heavy atom. The monoisotopic (exact) mass is 428 g/mol. The minimum atomic E-state index is -3.88. The fourth-order valence-electron chi connectivity index (χ4n) is 3.21. The molecule has 1 aliphatic heterocycles. The zero-order valence-electron chi connectivity index (χ0n) is 15.9. The summed E-state index contributed by atoms with van der Waals surface area (Å²) in [7, 11) is -3.88. The van der Waals surface area contributed by atoms with E-state index in [4.69, 9.17) is 5.14 Å². The van der Waals surface area contributed by atoms with Crippen LogP contribution in [-0.2, 0) is 15.0 Å². The number of rotatable bonds is 4. The molecule has 3 rings (SSSR count). The number of nitrogens with one attached hydrogen (secondary N) is 1. The van der Waals surface area contributed by atoms with Crippen molar-refractivity contribution in [2.24, 2.45) is 5.14 Å². The minimum Gasteiger partial charge on any atom is -0.354 e. The Morgan fingerprint density at radius 3 is 2.57 bits per heavy atom. The minimum absolute atomic E-state index is 0. The average Bonchev–Trinajstić information content (AvgIpc) is 2.86.